The number of benzene rings is 3. The van der Waals surface area contributed by atoms with E-state index in [1.807, 2.05) is 61.5 Å². The van der Waals surface area contributed by atoms with Crippen LogP contribution in [0.1, 0.15) is 16.8 Å². The number of piperazine rings is 1. The van der Waals surface area contributed by atoms with E-state index < -0.39 is 0 Å². The summed E-state index contributed by atoms with van der Waals surface area (Å²) in [6.45, 7) is 6.94. The first kappa shape index (κ1) is 21.3. The van der Waals surface area contributed by atoms with Crippen molar-refractivity contribution < 1.29 is 4.74 Å². The van der Waals surface area contributed by atoms with Crippen molar-refractivity contribution in [3.8, 4) is 5.75 Å². The number of ether oxygens (including phenoxy) is 1. The molecule has 0 amide bonds. The molecule has 33 heavy (non-hydrogen) atoms. The van der Waals surface area contributed by atoms with E-state index in [0.29, 0.717) is 24.3 Å². The van der Waals surface area contributed by atoms with Gasteiger partial charge < -0.3 is 14.6 Å². The Balaban J connectivity index is 1.31. The Hall–Kier alpha value is -3.57. The molecule has 168 valence electrons. The molecule has 1 aliphatic rings. The number of hydrogen-bond acceptors (Lipinski definition) is 4. The van der Waals surface area contributed by atoms with Crippen molar-refractivity contribution in [1.82, 2.24) is 9.88 Å². The molecule has 3 aromatic carbocycles. The van der Waals surface area contributed by atoms with Gasteiger partial charge in [0.15, 0.2) is 5.43 Å². The highest BCUT2D eigenvalue weighted by Crippen LogP contribution is 2.21. The first-order chi connectivity index (χ1) is 16.2. The summed E-state index contributed by atoms with van der Waals surface area (Å²) < 4.78 is 5.96. The number of para-hydroxylation sites is 1. The minimum absolute atomic E-state index is 0.0944. The number of rotatable bonds is 6. The van der Waals surface area contributed by atoms with Crippen LogP contribution >= 0.6 is 0 Å². The third-order valence-corrected chi connectivity index (χ3v) is 6.41. The second-order valence-corrected chi connectivity index (χ2v) is 8.64. The molecule has 5 rings (SSSR count). The van der Waals surface area contributed by atoms with E-state index in [-0.39, 0.29) is 5.43 Å². The molecule has 4 aromatic rings. The lowest BCUT2D eigenvalue weighted by Crippen LogP contribution is -2.46. The molecular weight excluding hydrogens is 410 g/mol. The van der Waals surface area contributed by atoms with Gasteiger partial charge in [0.05, 0.1) is 0 Å². The molecule has 0 radical (unpaired) electrons. The number of anilines is 1. The Morgan fingerprint density at radius 3 is 2.30 bits per heavy atom. The van der Waals surface area contributed by atoms with Crippen molar-refractivity contribution in [2.75, 3.05) is 31.1 Å². The fraction of sp³-hybridized carbons (Fsp3) is 0.250. The van der Waals surface area contributed by atoms with Gasteiger partial charge in [-0.2, -0.15) is 0 Å². The summed E-state index contributed by atoms with van der Waals surface area (Å²) in [6.07, 6.45) is 0. The number of H-pyrrole nitrogens is 1. The standard InChI is InChI=1S/C28H29N3O2/c1-21-26(19-30-14-16-31(17-15-30)23-10-6-3-7-11-23)28(32)25-18-24(12-13-27(25)29-21)33-20-22-8-4-2-5-9-22/h2-13,18H,14-17,19-20H2,1H3,(H,29,32). The van der Waals surface area contributed by atoms with Gasteiger partial charge >= 0.3 is 0 Å². The summed E-state index contributed by atoms with van der Waals surface area (Å²) in [5.41, 5.74) is 5.09. The van der Waals surface area contributed by atoms with Crippen molar-refractivity contribution in [1.29, 1.82) is 0 Å². The number of fused-ring (bicyclic) bond motifs is 1. The maximum atomic E-state index is 13.4. The van der Waals surface area contributed by atoms with E-state index in [9.17, 15) is 4.79 Å². The van der Waals surface area contributed by atoms with Crippen LogP contribution in [0.15, 0.2) is 83.7 Å². The fourth-order valence-electron chi connectivity index (χ4n) is 4.48. The van der Waals surface area contributed by atoms with Gasteiger partial charge in [-0.15, -0.1) is 0 Å². The van der Waals surface area contributed by atoms with Crippen LogP contribution in [0.5, 0.6) is 5.75 Å². The van der Waals surface area contributed by atoms with Crippen LogP contribution in [-0.4, -0.2) is 36.1 Å². The Morgan fingerprint density at radius 1 is 0.879 bits per heavy atom. The predicted molar refractivity (Wildman–Crippen MR) is 134 cm³/mol. The highest BCUT2D eigenvalue weighted by Gasteiger charge is 2.20. The number of aryl methyl sites for hydroxylation is 1. The lowest BCUT2D eigenvalue weighted by molar-refractivity contribution is 0.248. The lowest BCUT2D eigenvalue weighted by atomic mass is 10.1. The molecule has 0 atom stereocenters. The highest BCUT2D eigenvalue weighted by atomic mass is 16.5. The van der Waals surface area contributed by atoms with Gasteiger partial charge in [0.1, 0.15) is 12.4 Å². The average molecular weight is 440 g/mol. The van der Waals surface area contributed by atoms with E-state index in [0.717, 1.165) is 48.5 Å². The summed E-state index contributed by atoms with van der Waals surface area (Å²) in [7, 11) is 0. The highest BCUT2D eigenvalue weighted by molar-refractivity contribution is 5.81. The van der Waals surface area contributed by atoms with Crippen molar-refractivity contribution in [2.24, 2.45) is 0 Å². The first-order valence-corrected chi connectivity index (χ1v) is 11.5. The summed E-state index contributed by atoms with van der Waals surface area (Å²) in [5.74, 6) is 0.711. The Bertz CT molecular complexity index is 1280. The van der Waals surface area contributed by atoms with E-state index in [1.54, 1.807) is 0 Å². The molecular formula is C28H29N3O2. The normalized spacial score (nSPS) is 14.5. The minimum atomic E-state index is 0.0944. The van der Waals surface area contributed by atoms with Gasteiger partial charge in [-0.25, -0.2) is 0 Å². The third-order valence-electron chi connectivity index (χ3n) is 6.41. The van der Waals surface area contributed by atoms with Crippen LogP contribution in [-0.2, 0) is 13.2 Å². The maximum Gasteiger partial charge on any atom is 0.194 e. The molecule has 0 spiro atoms. The molecule has 5 heteroatoms. The van der Waals surface area contributed by atoms with Crippen LogP contribution < -0.4 is 15.1 Å². The summed E-state index contributed by atoms with van der Waals surface area (Å²) in [4.78, 5) is 21.6. The molecule has 1 aliphatic heterocycles. The zero-order chi connectivity index (χ0) is 22.6. The van der Waals surface area contributed by atoms with Crippen LogP contribution in [0.2, 0.25) is 0 Å². The monoisotopic (exact) mass is 439 g/mol. The maximum absolute atomic E-state index is 13.4. The Kier molecular flexibility index (Phi) is 6.13. The fourth-order valence-corrected chi connectivity index (χ4v) is 4.48. The van der Waals surface area contributed by atoms with Gasteiger partial charge in [0, 0.05) is 60.6 Å². The molecule has 0 bridgehead atoms. The second kappa shape index (κ2) is 9.51. The summed E-state index contributed by atoms with van der Waals surface area (Å²) in [6, 6.07) is 26.3. The van der Waals surface area contributed by atoms with Crippen LogP contribution in [0, 0.1) is 6.92 Å². The molecule has 2 heterocycles. The molecule has 0 saturated carbocycles. The van der Waals surface area contributed by atoms with Crippen molar-refractivity contribution >= 4 is 16.6 Å². The number of aromatic amines is 1. The molecule has 1 saturated heterocycles. The Morgan fingerprint density at radius 2 is 1.58 bits per heavy atom. The molecule has 1 aromatic heterocycles. The number of aromatic nitrogens is 1. The zero-order valence-corrected chi connectivity index (χ0v) is 19.0. The molecule has 5 nitrogen and oxygen atoms in total. The summed E-state index contributed by atoms with van der Waals surface area (Å²) >= 11 is 0. The van der Waals surface area contributed by atoms with Crippen molar-refractivity contribution in [3.05, 3.63) is 106 Å². The van der Waals surface area contributed by atoms with Crippen LogP contribution in [0.4, 0.5) is 5.69 Å². The van der Waals surface area contributed by atoms with E-state index in [1.165, 1.54) is 5.69 Å². The average Bonchev–Trinajstić information content (AvgIpc) is 2.87. The Labute approximate surface area is 194 Å². The number of hydrogen-bond donors (Lipinski definition) is 1. The molecule has 0 aliphatic carbocycles. The van der Waals surface area contributed by atoms with Crippen LogP contribution in [0.3, 0.4) is 0 Å². The first-order valence-electron chi connectivity index (χ1n) is 11.5. The van der Waals surface area contributed by atoms with Gasteiger partial charge in [0.25, 0.3) is 0 Å². The third kappa shape index (κ3) is 4.78. The second-order valence-electron chi connectivity index (χ2n) is 8.64. The number of nitrogens with one attached hydrogen (secondary N) is 1. The van der Waals surface area contributed by atoms with Crippen molar-refractivity contribution in [3.63, 3.8) is 0 Å². The lowest BCUT2D eigenvalue weighted by Gasteiger charge is -2.36. The SMILES string of the molecule is Cc1[nH]c2ccc(OCc3ccccc3)cc2c(=O)c1CN1CCN(c2ccccc2)CC1. The quantitative estimate of drug-likeness (QED) is 0.472. The smallest absolute Gasteiger partial charge is 0.194 e. The minimum Gasteiger partial charge on any atom is -0.489 e. The van der Waals surface area contributed by atoms with Crippen molar-refractivity contribution in [2.45, 2.75) is 20.1 Å². The van der Waals surface area contributed by atoms with Gasteiger partial charge in [-0.3, -0.25) is 9.69 Å². The largest absolute Gasteiger partial charge is 0.489 e. The van der Waals surface area contributed by atoms with E-state index in [4.69, 9.17) is 4.74 Å². The molecule has 0 unspecified atom stereocenters. The number of pyridine rings is 1. The summed E-state index contributed by atoms with van der Waals surface area (Å²) in [5, 5.41) is 0.684. The van der Waals surface area contributed by atoms with Gasteiger partial charge in [0.2, 0.25) is 0 Å². The molecule has 1 fully saturated rings. The van der Waals surface area contributed by atoms with Crippen LogP contribution in [0.25, 0.3) is 10.9 Å². The van der Waals surface area contributed by atoms with E-state index >= 15 is 0 Å². The number of nitrogens with zero attached hydrogens (tertiary/aromatic N) is 2. The molecule has 1 N–H and O–H groups in total. The van der Waals surface area contributed by atoms with Gasteiger partial charge in [-0.05, 0) is 42.8 Å². The van der Waals surface area contributed by atoms with Gasteiger partial charge in [-0.1, -0.05) is 48.5 Å². The predicted octanol–water partition coefficient (Wildman–Crippen LogP) is 4.74. The topological polar surface area (TPSA) is 48.6 Å². The van der Waals surface area contributed by atoms with E-state index in [2.05, 4.69) is 39.0 Å². The zero-order valence-electron chi connectivity index (χ0n) is 19.0.